The van der Waals surface area contributed by atoms with Crippen LogP contribution in [0.5, 0.6) is 0 Å². The van der Waals surface area contributed by atoms with Crippen molar-refractivity contribution in [3.05, 3.63) is 0 Å². The van der Waals surface area contributed by atoms with Crippen LogP contribution in [0.25, 0.3) is 0 Å². The molecule has 2 aliphatic carbocycles. The first-order chi connectivity index (χ1) is 7.75. The lowest BCUT2D eigenvalue weighted by Crippen LogP contribution is -2.42. The molecule has 2 aliphatic rings. The van der Waals surface area contributed by atoms with Crippen LogP contribution in [0.3, 0.4) is 0 Å². The molecule has 0 N–H and O–H groups in total. The summed E-state index contributed by atoms with van der Waals surface area (Å²) in [5, 5.41) is 0. The van der Waals surface area contributed by atoms with Gasteiger partial charge in [-0.15, -0.1) is 4.33 Å². The monoisotopic (exact) mass is 262 g/mol. The minimum absolute atomic E-state index is 0.0574. The molecule has 2 saturated carbocycles. The summed E-state index contributed by atoms with van der Waals surface area (Å²) in [6, 6.07) is 0. The van der Waals surface area contributed by atoms with E-state index in [2.05, 4.69) is 9.22 Å². The maximum atomic E-state index is 12.1. The molecule has 0 aromatic heterocycles. The lowest BCUT2D eigenvalue weighted by molar-refractivity contribution is -0.173. The van der Waals surface area contributed by atoms with E-state index in [4.69, 9.17) is 0 Å². The van der Waals surface area contributed by atoms with Crippen LogP contribution in [0.4, 0.5) is 0 Å². The number of hydrogen-bond donors (Lipinski definition) is 0. The SMILES string of the molecule is COOS(=O)(=O)CC12CCC(CC1=O)C2(C)C. The van der Waals surface area contributed by atoms with E-state index >= 15 is 0 Å². The van der Waals surface area contributed by atoms with Gasteiger partial charge in [0, 0.05) is 6.42 Å². The average molecular weight is 262 g/mol. The second kappa shape index (κ2) is 3.76. The zero-order valence-corrected chi connectivity index (χ0v) is 11.2. The third-order valence-corrected chi connectivity index (χ3v) is 5.92. The van der Waals surface area contributed by atoms with E-state index < -0.39 is 15.5 Å². The van der Waals surface area contributed by atoms with Crippen LogP contribution in [0.2, 0.25) is 0 Å². The van der Waals surface area contributed by atoms with Crippen molar-refractivity contribution < 1.29 is 22.4 Å². The van der Waals surface area contributed by atoms with Crippen LogP contribution in [0, 0.1) is 16.7 Å². The Hall–Kier alpha value is -0.460. The Morgan fingerprint density at radius 3 is 2.47 bits per heavy atom. The molecule has 0 radical (unpaired) electrons. The summed E-state index contributed by atoms with van der Waals surface area (Å²) in [7, 11) is -2.66. The van der Waals surface area contributed by atoms with Crippen molar-refractivity contribution in [3.63, 3.8) is 0 Å². The summed E-state index contributed by atoms with van der Waals surface area (Å²) >= 11 is 0. The van der Waals surface area contributed by atoms with Gasteiger partial charge in [-0.2, -0.15) is 8.42 Å². The Morgan fingerprint density at radius 2 is 2.06 bits per heavy atom. The minimum atomic E-state index is -3.81. The molecule has 98 valence electrons. The van der Waals surface area contributed by atoms with Gasteiger partial charge in [-0.05, 0) is 24.2 Å². The van der Waals surface area contributed by atoms with E-state index in [1.807, 2.05) is 13.8 Å². The first kappa shape index (κ1) is 13.0. The average Bonchev–Trinajstić information content (AvgIpc) is 2.50. The molecule has 2 bridgehead atoms. The first-order valence-electron chi connectivity index (χ1n) is 5.73. The molecular formula is C11H18O5S. The van der Waals surface area contributed by atoms with Gasteiger partial charge in [0.05, 0.1) is 18.3 Å². The number of carbonyl (C=O) groups excluding carboxylic acids is 1. The summed E-state index contributed by atoms with van der Waals surface area (Å²) in [6.45, 7) is 3.97. The standard InChI is InChI=1S/C11H18O5S/c1-10(2)8-4-5-11(10,9(12)6-8)7-17(13,14)16-15-3/h8H,4-7H2,1-3H3. The smallest absolute Gasteiger partial charge is 0.294 e. The van der Waals surface area contributed by atoms with Crippen LogP contribution in [-0.2, 0) is 24.1 Å². The van der Waals surface area contributed by atoms with Crippen LogP contribution in [0.15, 0.2) is 0 Å². The molecule has 0 aromatic rings. The molecule has 0 aliphatic heterocycles. The molecular weight excluding hydrogens is 244 g/mol. The molecule has 2 rings (SSSR count). The quantitative estimate of drug-likeness (QED) is 0.564. The van der Waals surface area contributed by atoms with E-state index in [1.165, 1.54) is 0 Å². The number of Topliss-reactive ketones (excluding diaryl/α,β-unsaturated/α-hetero) is 1. The predicted octanol–water partition coefficient (Wildman–Crippen LogP) is 1.29. The van der Waals surface area contributed by atoms with E-state index in [0.717, 1.165) is 13.5 Å². The normalized spacial score (nSPS) is 35.5. The van der Waals surface area contributed by atoms with Gasteiger partial charge in [-0.1, -0.05) is 13.8 Å². The van der Waals surface area contributed by atoms with Crippen molar-refractivity contribution in [2.24, 2.45) is 16.7 Å². The maximum Gasteiger partial charge on any atom is 0.294 e. The zero-order valence-electron chi connectivity index (χ0n) is 10.4. The summed E-state index contributed by atoms with van der Waals surface area (Å²) in [5.74, 6) is 0.0886. The second-order valence-corrected chi connectivity index (χ2v) is 7.14. The van der Waals surface area contributed by atoms with Crippen molar-refractivity contribution in [1.82, 2.24) is 0 Å². The molecule has 2 atom stereocenters. The fourth-order valence-electron chi connectivity index (χ4n) is 3.54. The third kappa shape index (κ3) is 1.73. The summed E-state index contributed by atoms with van der Waals surface area (Å²) in [4.78, 5) is 16.3. The Morgan fingerprint density at radius 1 is 1.41 bits per heavy atom. The molecule has 17 heavy (non-hydrogen) atoms. The van der Waals surface area contributed by atoms with Gasteiger partial charge in [-0.3, -0.25) is 4.79 Å². The van der Waals surface area contributed by atoms with Gasteiger partial charge in [0.1, 0.15) is 5.78 Å². The largest absolute Gasteiger partial charge is 0.299 e. The van der Waals surface area contributed by atoms with Gasteiger partial charge >= 0.3 is 0 Å². The number of rotatable bonds is 4. The number of carbonyl (C=O) groups is 1. The van der Waals surface area contributed by atoms with Gasteiger partial charge in [0.2, 0.25) is 0 Å². The van der Waals surface area contributed by atoms with Crippen molar-refractivity contribution in [1.29, 1.82) is 0 Å². The van der Waals surface area contributed by atoms with Crippen LogP contribution in [-0.4, -0.2) is 27.1 Å². The maximum absolute atomic E-state index is 12.1. The van der Waals surface area contributed by atoms with Crippen molar-refractivity contribution in [3.8, 4) is 0 Å². The fraction of sp³-hybridized carbons (Fsp3) is 0.909. The highest BCUT2D eigenvalue weighted by atomic mass is 32.2. The zero-order chi connectivity index (χ0) is 12.9. The summed E-state index contributed by atoms with van der Waals surface area (Å²) in [5.41, 5.74) is -1.05. The van der Waals surface area contributed by atoms with Gasteiger partial charge in [-0.25, -0.2) is 4.89 Å². The molecule has 0 aromatic carbocycles. The molecule has 2 unspecified atom stereocenters. The lowest BCUT2D eigenvalue weighted by atomic mass is 9.70. The van der Waals surface area contributed by atoms with Gasteiger partial charge in [0.15, 0.2) is 0 Å². The number of hydrogen-bond acceptors (Lipinski definition) is 5. The van der Waals surface area contributed by atoms with Crippen LogP contribution < -0.4 is 0 Å². The van der Waals surface area contributed by atoms with E-state index in [1.54, 1.807) is 0 Å². The Kier molecular flexibility index (Phi) is 2.88. The topological polar surface area (TPSA) is 69.7 Å². The lowest BCUT2D eigenvalue weighted by Gasteiger charge is -2.35. The summed E-state index contributed by atoms with van der Waals surface area (Å²) < 4.78 is 27.7. The highest BCUT2D eigenvalue weighted by Crippen LogP contribution is 2.64. The third-order valence-electron chi connectivity index (χ3n) is 4.73. The summed E-state index contributed by atoms with van der Waals surface area (Å²) in [6.07, 6.45) is 2.05. The Labute approximate surface area is 102 Å². The number of ketones is 1. The van der Waals surface area contributed by atoms with E-state index in [0.29, 0.717) is 18.8 Å². The van der Waals surface area contributed by atoms with Crippen molar-refractivity contribution in [2.45, 2.75) is 33.1 Å². The minimum Gasteiger partial charge on any atom is -0.299 e. The molecule has 6 heteroatoms. The van der Waals surface area contributed by atoms with Gasteiger partial charge < -0.3 is 0 Å². The van der Waals surface area contributed by atoms with Crippen molar-refractivity contribution in [2.75, 3.05) is 12.9 Å². The molecule has 0 heterocycles. The molecule has 0 saturated heterocycles. The highest BCUT2D eigenvalue weighted by molar-refractivity contribution is 7.86. The van der Waals surface area contributed by atoms with Crippen LogP contribution in [0.1, 0.15) is 33.1 Å². The molecule has 0 spiro atoms. The first-order valence-corrected chi connectivity index (χ1v) is 7.31. The molecule has 0 amide bonds. The van der Waals surface area contributed by atoms with Crippen LogP contribution >= 0.6 is 0 Å². The predicted molar refractivity (Wildman–Crippen MR) is 60.4 cm³/mol. The van der Waals surface area contributed by atoms with E-state index in [-0.39, 0.29) is 17.0 Å². The molecule has 2 fully saturated rings. The number of fused-ring (bicyclic) bond motifs is 2. The second-order valence-electron chi connectivity index (χ2n) is 5.60. The Bertz CT molecular complexity index is 439. The Balaban J connectivity index is 2.33. The molecule has 5 nitrogen and oxygen atoms in total. The van der Waals surface area contributed by atoms with E-state index in [9.17, 15) is 13.2 Å². The highest BCUT2D eigenvalue weighted by Gasteiger charge is 2.65. The van der Waals surface area contributed by atoms with Crippen molar-refractivity contribution >= 4 is 15.9 Å². The van der Waals surface area contributed by atoms with Gasteiger partial charge in [0.25, 0.3) is 10.1 Å². The fourth-order valence-corrected chi connectivity index (χ4v) is 5.07.